The summed E-state index contributed by atoms with van der Waals surface area (Å²) in [6.45, 7) is 0.914. The summed E-state index contributed by atoms with van der Waals surface area (Å²) in [5.41, 5.74) is 1.04. The van der Waals surface area contributed by atoms with Gasteiger partial charge >= 0.3 is 0 Å². The van der Waals surface area contributed by atoms with Gasteiger partial charge < -0.3 is 4.90 Å². The van der Waals surface area contributed by atoms with Crippen LogP contribution in [0.25, 0.3) is 0 Å². The quantitative estimate of drug-likeness (QED) is 0.765. The lowest BCUT2D eigenvalue weighted by atomic mass is 9.70. The molecule has 0 radical (unpaired) electrons. The summed E-state index contributed by atoms with van der Waals surface area (Å²) in [5.74, 6) is 1.38. The Kier molecular flexibility index (Phi) is 2.09. The van der Waals surface area contributed by atoms with Crippen molar-refractivity contribution in [2.45, 2.75) is 12.8 Å². The topological polar surface area (TPSA) is 20.3 Å². The standard InChI is InChI=1S/C12H12BrNO/c13-10-1-3-11(4-2-10)14-7-8-5-9(6-8)12(14)15/h1-4,8-9H,5-7H2. The average molecular weight is 266 g/mol. The van der Waals surface area contributed by atoms with Gasteiger partial charge in [0, 0.05) is 22.6 Å². The van der Waals surface area contributed by atoms with Gasteiger partial charge in [-0.1, -0.05) is 15.9 Å². The van der Waals surface area contributed by atoms with Crippen molar-refractivity contribution >= 4 is 27.5 Å². The van der Waals surface area contributed by atoms with Gasteiger partial charge in [-0.15, -0.1) is 0 Å². The van der Waals surface area contributed by atoms with E-state index in [0.29, 0.717) is 11.8 Å². The van der Waals surface area contributed by atoms with Crippen molar-refractivity contribution in [1.82, 2.24) is 0 Å². The number of hydrogen-bond acceptors (Lipinski definition) is 1. The number of rotatable bonds is 1. The van der Waals surface area contributed by atoms with Crippen LogP contribution in [0.2, 0.25) is 0 Å². The molecule has 2 aliphatic heterocycles. The number of nitrogens with zero attached hydrogens (tertiary/aromatic N) is 1. The molecule has 3 aliphatic rings. The summed E-state index contributed by atoms with van der Waals surface area (Å²) in [5, 5.41) is 0. The minimum atomic E-state index is 0.312. The third-order valence-corrected chi connectivity index (χ3v) is 3.96. The first-order valence-corrected chi connectivity index (χ1v) is 6.10. The van der Waals surface area contributed by atoms with Crippen molar-refractivity contribution < 1.29 is 4.79 Å². The van der Waals surface area contributed by atoms with E-state index in [1.807, 2.05) is 29.2 Å². The van der Waals surface area contributed by atoms with Crippen molar-refractivity contribution in [3.63, 3.8) is 0 Å². The molecule has 4 rings (SSSR count). The van der Waals surface area contributed by atoms with Crippen LogP contribution >= 0.6 is 15.9 Å². The number of fused-ring (bicyclic) bond motifs is 2. The first-order valence-electron chi connectivity index (χ1n) is 5.31. The molecule has 1 saturated carbocycles. The molecule has 0 spiro atoms. The summed E-state index contributed by atoms with van der Waals surface area (Å²) in [6, 6.07) is 7.99. The molecule has 1 amide bonds. The van der Waals surface area contributed by atoms with Crippen molar-refractivity contribution in [2.24, 2.45) is 11.8 Å². The predicted octanol–water partition coefficient (Wildman–Crippen LogP) is 2.82. The van der Waals surface area contributed by atoms with Crippen molar-refractivity contribution in [3.05, 3.63) is 28.7 Å². The predicted molar refractivity (Wildman–Crippen MR) is 62.7 cm³/mol. The van der Waals surface area contributed by atoms with Crippen LogP contribution in [0.3, 0.4) is 0 Å². The van der Waals surface area contributed by atoms with Crippen LogP contribution in [0.5, 0.6) is 0 Å². The Balaban J connectivity index is 1.88. The highest BCUT2D eigenvalue weighted by molar-refractivity contribution is 9.10. The minimum absolute atomic E-state index is 0.312. The Hall–Kier alpha value is -0.830. The number of piperidine rings is 2. The van der Waals surface area contributed by atoms with Crippen LogP contribution in [-0.2, 0) is 4.79 Å². The van der Waals surface area contributed by atoms with E-state index in [1.165, 1.54) is 0 Å². The van der Waals surface area contributed by atoms with Crippen LogP contribution in [-0.4, -0.2) is 12.5 Å². The van der Waals surface area contributed by atoms with E-state index in [0.717, 1.165) is 35.5 Å². The highest BCUT2D eigenvalue weighted by atomic mass is 79.9. The second kappa shape index (κ2) is 3.34. The monoisotopic (exact) mass is 265 g/mol. The number of carbonyl (C=O) groups is 1. The molecule has 3 fully saturated rings. The van der Waals surface area contributed by atoms with Crippen molar-refractivity contribution in [3.8, 4) is 0 Å². The van der Waals surface area contributed by atoms with Gasteiger partial charge in [-0.2, -0.15) is 0 Å². The maximum absolute atomic E-state index is 12.0. The molecule has 2 saturated heterocycles. The normalized spacial score (nSPS) is 28.9. The summed E-state index contributed by atoms with van der Waals surface area (Å²) in [4.78, 5) is 13.9. The smallest absolute Gasteiger partial charge is 0.230 e. The van der Waals surface area contributed by atoms with Gasteiger partial charge in [0.2, 0.25) is 5.91 Å². The van der Waals surface area contributed by atoms with E-state index < -0.39 is 0 Å². The third-order valence-electron chi connectivity index (χ3n) is 3.43. The SMILES string of the molecule is O=C1C2CC(C2)CN1c1ccc(Br)cc1. The molecular formula is C12H12BrNO. The zero-order valence-corrected chi connectivity index (χ0v) is 9.90. The molecule has 2 nitrogen and oxygen atoms in total. The molecule has 78 valence electrons. The molecule has 2 bridgehead atoms. The Bertz CT molecular complexity index is 395. The highest BCUT2D eigenvalue weighted by Crippen LogP contribution is 2.42. The third kappa shape index (κ3) is 1.49. The summed E-state index contributed by atoms with van der Waals surface area (Å²) < 4.78 is 1.06. The van der Waals surface area contributed by atoms with Gasteiger partial charge in [-0.3, -0.25) is 4.79 Å². The molecule has 0 N–H and O–H groups in total. The van der Waals surface area contributed by atoms with Crippen molar-refractivity contribution in [2.75, 3.05) is 11.4 Å². The zero-order chi connectivity index (χ0) is 10.4. The maximum Gasteiger partial charge on any atom is 0.230 e. The van der Waals surface area contributed by atoms with Gasteiger partial charge in [0.25, 0.3) is 0 Å². The Labute approximate surface area is 97.4 Å². The number of hydrogen-bond donors (Lipinski definition) is 0. The van der Waals surface area contributed by atoms with Gasteiger partial charge in [0.1, 0.15) is 0 Å². The number of anilines is 1. The molecule has 15 heavy (non-hydrogen) atoms. The summed E-state index contributed by atoms with van der Waals surface area (Å²) >= 11 is 3.40. The maximum atomic E-state index is 12.0. The van der Waals surface area contributed by atoms with E-state index in [-0.39, 0.29) is 0 Å². The Morgan fingerprint density at radius 3 is 2.47 bits per heavy atom. The molecule has 1 aromatic rings. The molecule has 1 aromatic carbocycles. The number of carbonyl (C=O) groups excluding carboxylic acids is 1. The van der Waals surface area contributed by atoms with Crippen molar-refractivity contribution in [1.29, 1.82) is 0 Å². The second-order valence-corrected chi connectivity index (χ2v) is 5.38. The number of benzene rings is 1. The lowest BCUT2D eigenvalue weighted by Crippen LogP contribution is -2.53. The van der Waals surface area contributed by atoms with E-state index in [9.17, 15) is 4.79 Å². The summed E-state index contributed by atoms with van der Waals surface area (Å²) in [6.07, 6.45) is 2.23. The molecule has 0 atom stereocenters. The van der Waals surface area contributed by atoms with Crippen LogP contribution in [0, 0.1) is 11.8 Å². The van der Waals surface area contributed by atoms with E-state index >= 15 is 0 Å². The van der Waals surface area contributed by atoms with Crippen LogP contribution in [0.4, 0.5) is 5.69 Å². The van der Waals surface area contributed by atoms with Gasteiger partial charge in [-0.05, 0) is 43.0 Å². The molecule has 0 aromatic heterocycles. The van der Waals surface area contributed by atoms with E-state index in [2.05, 4.69) is 15.9 Å². The van der Waals surface area contributed by atoms with E-state index in [1.54, 1.807) is 0 Å². The van der Waals surface area contributed by atoms with Crippen LogP contribution in [0.1, 0.15) is 12.8 Å². The number of halogens is 1. The average Bonchev–Trinajstić information content (AvgIpc) is 2.18. The molecular weight excluding hydrogens is 254 g/mol. The fourth-order valence-corrected chi connectivity index (χ4v) is 2.77. The first-order chi connectivity index (χ1) is 7.24. The van der Waals surface area contributed by atoms with Crippen LogP contribution in [0.15, 0.2) is 28.7 Å². The van der Waals surface area contributed by atoms with Crippen LogP contribution < -0.4 is 4.90 Å². The zero-order valence-electron chi connectivity index (χ0n) is 8.32. The fraction of sp³-hybridized carbons (Fsp3) is 0.417. The first kappa shape index (κ1) is 9.40. The highest BCUT2D eigenvalue weighted by Gasteiger charge is 2.43. The lowest BCUT2D eigenvalue weighted by molar-refractivity contribution is -0.129. The van der Waals surface area contributed by atoms with Gasteiger partial charge in [0.05, 0.1) is 0 Å². The largest absolute Gasteiger partial charge is 0.312 e. The second-order valence-electron chi connectivity index (χ2n) is 4.46. The molecule has 3 heteroatoms. The number of amides is 1. The molecule has 2 heterocycles. The lowest BCUT2D eigenvalue weighted by Gasteiger charge is -2.46. The molecule has 1 aliphatic carbocycles. The Morgan fingerprint density at radius 1 is 1.20 bits per heavy atom. The Morgan fingerprint density at radius 2 is 1.87 bits per heavy atom. The van der Waals surface area contributed by atoms with Gasteiger partial charge in [-0.25, -0.2) is 0 Å². The minimum Gasteiger partial charge on any atom is -0.312 e. The van der Waals surface area contributed by atoms with E-state index in [4.69, 9.17) is 0 Å². The summed E-state index contributed by atoms with van der Waals surface area (Å²) in [7, 11) is 0. The fourth-order valence-electron chi connectivity index (χ4n) is 2.51. The molecule has 0 unspecified atom stereocenters. The van der Waals surface area contributed by atoms with Gasteiger partial charge in [0.15, 0.2) is 0 Å².